The van der Waals surface area contributed by atoms with Gasteiger partial charge in [-0.3, -0.25) is 0 Å². The molecule has 0 radical (unpaired) electrons. The van der Waals surface area contributed by atoms with Crippen LogP contribution >= 0.6 is 7.60 Å². The number of benzene rings is 6. The summed E-state index contributed by atoms with van der Waals surface area (Å²) >= 11 is 0. The van der Waals surface area contributed by atoms with Crippen molar-refractivity contribution in [3.8, 4) is 33.8 Å². The second kappa shape index (κ2) is 9.09. The Hall–Kier alpha value is -4.85. The standard InChI is InChI=1S/C37H25O3P/c38-41(39-26-13-3-1-4-14-26,40-27-15-5-2-6-16-27)28-23-24-32-31-19-9-12-22-35(31)37(36(32)25-28)33-20-10-7-17-29(33)30-18-8-11-21-34(30)37/h1-25H. The van der Waals surface area contributed by atoms with Crippen LogP contribution in [0.15, 0.2) is 152 Å². The van der Waals surface area contributed by atoms with Crippen LogP contribution in [0.3, 0.4) is 0 Å². The van der Waals surface area contributed by atoms with Crippen LogP contribution in [0.4, 0.5) is 0 Å². The van der Waals surface area contributed by atoms with Gasteiger partial charge in [0.25, 0.3) is 0 Å². The largest absolute Gasteiger partial charge is 0.462 e. The van der Waals surface area contributed by atoms with E-state index in [9.17, 15) is 4.57 Å². The molecule has 0 fully saturated rings. The summed E-state index contributed by atoms with van der Waals surface area (Å²) in [6.45, 7) is 0. The van der Waals surface area contributed by atoms with Gasteiger partial charge in [0.15, 0.2) is 0 Å². The Morgan fingerprint density at radius 3 is 1.27 bits per heavy atom. The topological polar surface area (TPSA) is 35.5 Å². The number of fused-ring (bicyclic) bond motifs is 10. The lowest BCUT2D eigenvalue weighted by Crippen LogP contribution is -2.27. The normalized spacial score (nSPS) is 13.7. The lowest BCUT2D eigenvalue weighted by Gasteiger charge is -2.31. The fourth-order valence-corrected chi connectivity index (χ4v) is 8.21. The molecule has 41 heavy (non-hydrogen) atoms. The van der Waals surface area contributed by atoms with Gasteiger partial charge >= 0.3 is 7.60 Å². The summed E-state index contributed by atoms with van der Waals surface area (Å²) < 4.78 is 27.4. The van der Waals surface area contributed by atoms with Crippen LogP contribution < -0.4 is 14.4 Å². The molecule has 0 saturated carbocycles. The quantitative estimate of drug-likeness (QED) is 0.201. The molecule has 0 atom stereocenters. The van der Waals surface area contributed by atoms with Crippen molar-refractivity contribution in [1.29, 1.82) is 0 Å². The maximum atomic E-state index is 14.9. The Labute approximate surface area is 239 Å². The van der Waals surface area contributed by atoms with Crippen LogP contribution in [0, 0.1) is 0 Å². The zero-order chi connectivity index (χ0) is 27.4. The lowest BCUT2D eigenvalue weighted by atomic mass is 9.70. The summed E-state index contributed by atoms with van der Waals surface area (Å²) in [4.78, 5) is 0. The van der Waals surface area contributed by atoms with E-state index < -0.39 is 13.0 Å². The minimum Gasteiger partial charge on any atom is -0.413 e. The average Bonchev–Trinajstić information content (AvgIpc) is 3.49. The molecular formula is C37H25O3P. The van der Waals surface area contributed by atoms with Crippen LogP contribution in [-0.4, -0.2) is 0 Å². The summed E-state index contributed by atoms with van der Waals surface area (Å²) in [5, 5.41) is 0.512. The second-order valence-electron chi connectivity index (χ2n) is 10.4. The molecule has 196 valence electrons. The van der Waals surface area contributed by atoms with Crippen LogP contribution in [0.2, 0.25) is 0 Å². The van der Waals surface area contributed by atoms with Crippen molar-refractivity contribution in [2.75, 3.05) is 0 Å². The van der Waals surface area contributed by atoms with E-state index >= 15 is 0 Å². The van der Waals surface area contributed by atoms with Crippen molar-refractivity contribution in [2.24, 2.45) is 0 Å². The molecule has 2 aliphatic carbocycles. The van der Waals surface area contributed by atoms with Gasteiger partial charge in [-0.2, -0.15) is 0 Å². The SMILES string of the molecule is O=P(Oc1ccccc1)(Oc1ccccc1)c1ccc2c(c1)C1(c3ccccc3-c3ccccc31)c1ccccc1-2. The minimum atomic E-state index is -3.87. The molecule has 0 aromatic heterocycles. The van der Waals surface area contributed by atoms with Crippen molar-refractivity contribution in [2.45, 2.75) is 5.41 Å². The van der Waals surface area contributed by atoms with E-state index in [1.54, 1.807) is 24.3 Å². The minimum absolute atomic E-state index is 0.488. The Morgan fingerprint density at radius 2 is 0.805 bits per heavy atom. The van der Waals surface area contributed by atoms with Crippen LogP contribution in [0.5, 0.6) is 11.5 Å². The molecule has 0 saturated heterocycles. The third-order valence-corrected chi connectivity index (χ3v) is 10.0. The first-order chi connectivity index (χ1) is 20.2. The molecule has 8 rings (SSSR count). The summed E-state index contributed by atoms with van der Waals surface area (Å²) in [5.74, 6) is 0.976. The van der Waals surface area contributed by atoms with Gasteiger partial charge in [-0.1, -0.05) is 115 Å². The highest BCUT2D eigenvalue weighted by molar-refractivity contribution is 7.63. The van der Waals surface area contributed by atoms with Gasteiger partial charge in [0, 0.05) is 0 Å². The molecule has 0 bridgehead atoms. The van der Waals surface area contributed by atoms with Crippen molar-refractivity contribution in [3.63, 3.8) is 0 Å². The van der Waals surface area contributed by atoms with E-state index in [2.05, 4.69) is 84.9 Å². The van der Waals surface area contributed by atoms with Crippen LogP contribution in [0.1, 0.15) is 22.3 Å². The monoisotopic (exact) mass is 548 g/mol. The summed E-state index contributed by atoms with van der Waals surface area (Å²) in [6, 6.07) is 50.4. The second-order valence-corrected chi connectivity index (χ2v) is 12.3. The van der Waals surface area contributed by atoms with Crippen molar-refractivity contribution in [3.05, 3.63) is 174 Å². The first-order valence-electron chi connectivity index (χ1n) is 13.7. The Morgan fingerprint density at radius 1 is 0.415 bits per heavy atom. The van der Waals surface area contributed by atoms with Crippen molar-refractivity contribution in [1.82, 2.24) is 0 Å². The molecule has 3 nitrogen and oxygen atoms in total. The highest BCUT2D eigenvalue weighted by atomic mass is 31.2. The van der Waals surface area contributed by atoms with Crippen molar-refractivity contribution >= 4 is 12.9 Å². The van der Waals surface area contributed by atoms with E-state index in [-0.39, 0.29) is 0 Å². The maximum Gasteiger partial charge on any atom is 0.462 e. The Kier molecular flexibility index (Phi) is 5.32. The lowest BCUT2D eigenvalue weighted by molar-refractivity contribution is 0.399. The molecule has 1 spiro atoms. The number of hydrogen-bond donors (Lipinski definition) is 0. The predicted octanol–water partition coefficient (Wildman–Crippen LogP) is 9.01. The molecule has 0 unspecified atom stereocenters. The number of rotatable bonds is 5. The van der Waals surface area contributed by atoms with Crippen molar-refractivity contribution < 1.29 is 13.6 Å². The van der Waals surface area contributed by atoms with E-state index in [4.69, 9.17) is 9.05 Å². The van der Waals surface area contributed by atoms with Gasteiger partial charge in [-0.15, -0.1) is 0 Å². The molecule has 6 aromatic carbocycles. The van der Waals surface area contributed by atoms with E-state index in [0.29, 0.717) is 16.8 Å². The number of para-hydroxylation sites is 2. The molecule has 0 heterocycles. The first-order valence-corrected chi connectivity index (χ1v) is 15.3. The Bertz CT molecular complexity index is 1870. The Balaban J connectivity index is 1.39. The predicted molar refractivity (Wildman–Crippen MR) is 164 cm³/mol. The average molecular weight is 549 g/mol. The highest BCUT2D eigenvalue weighted by Crippen LogP contribution is 2.63. The van der Waals surface area contributed by atoms with Gasteiger partial charge in [0.05, 0.1) is 10.7 Å². The van der Waals surface area contributed by atoms with Gasteiger partial charge in [0.1, 0.15) is 11.5 Å². The number of hydrogen-bond acceptors (Lipinski definition) is 3. The van der Waals surface area contributed by atoms with E-state index in [1.165, 1.54) is 33.4 Å². The van der Waals surface area contributed by atoms with E-state index in [1.807, 2.05) is 42.5 Å². The van der Waals surface area contributed by atoms with Crippen LogP contribution in [-0.2, 0) is 9.98 Å². The third-order valence-electron chi connectivity index (χ3n) is 8.23. The van der Waals surface area contributed by atoms with Crippen LogP contribution in [0.25, 0.3) is 22.3 Å². The van der Waals surface area contributed by atoms with Gasteiger partial charge in [-0.25, -0.2) is 4.57 Å². The van der Waals surface area contributed by atoms with Gasteiger partial charge < -0.3 is 9.05 Å². The molecule has 0 aliphatic heterocycles. The molecular weight excluding hydrogens is 523 g/mol. The highest BCUT2D eigenvalue weighted by Gasteiger charge is 2.52. The maximum absolute atomic E-state index is 14.9. The molecule has 4 heteroatoms. The zero-order valence-electron chi connectivity index (χ0n) is 22.1. The zero-order valence-corrected chi connectivity index (χ0v) is 23.0. The molecule has 0 N–H and O–H groups in total. The smallest absolute Gasteiger partial charge is 0.413 e. The third kappa shape index (κ3) is 3.49. The first kappa shape index (κ1) is 24.0. The van der Waals surface area contributed by atoms with E-state index in [0.717, 1.165) is 11.1 Å². The van der Waals surface area contributed by atoms with Gasteiger partial charge in [0.2, 0.25) is 0 Å². The summed E-state index contributed by atoms with van der Waals surface area (Å²) in [5.41, 5.74) is 8.99. The summed E-state index contributed by atoms with van der Waals surface area (Å²) in [7, 11) is -3.87. The van der Waals surface area contributed by atoms with Gasteiger partial charge in [-0.05, 0) is 80.9 Å². The fraction of sp³-hybridized carbons (Fsp3) is 0.0270. The fourth-order valence-electron chi connectivity index (χ4n) is 6.62. The molecule has 6 aromatic rings. The summed E-state index contributed by atoms with van der Waals surface area (Å²) in [6.07, 6.45) is 0. The molecule has 0 amide bonds. The molecule has 2 aliphatic rings.